The van der Waals surface area contributed by atoms with E-state index in [1.54, 1.807) is 6.92 Å². The van der Waals surface area contributed by atoms with E-state index >= 15 is 0 Å². The van der Waals surface area contributed by atoms with Crippen LogP contribution in [-0.2, 0) is 14.3 Å². The largest absolute Gasteiger partial charge is 0.464 e. The van der Waals surface area contributed by atoms with Crippen molar-refractivity contribution in [3.05, 3.63) is 0 Å². The van der Waals surface area contributed by atoms with Crippen LogP contribution in [0.4, 0.5) is 0 Å². The minimum atomic E-state index is -0.519. The van der Waals surface area contributed by atoms with E-state index in [4.69, 9.17) is 4.74 Å². The van der Waals surface area contributed by atoms with Crippen molar-refractivity contribution in [2.24, 2.45) is 11.8 Å². The number of nitrogens with one attached hydrogen (secondary N) is 2. The summed E-state index contributed by atoms with van der Waals surface area (Å²) in [6.07, 6.45) is 3.08. The topological polar surface area (TPSA) is 67.4 Å². The Morgan fingerprint density at radius 2 is 2.16 bits per heavy atom. The van der Waals surface area contributed by atoms with Gasteiger partial charge in [-0.05, 0) is 25.7 Å². The molecule has 2 aliphatic rings. The molecule has 108 valence electrons. The molecule has 0 saturated carbocycles. The average molecular weight is 268 g/mol. The van der Waals surface area contributed by atoms with Crippen LogP contribution in [0.5, 0.6) is 0 Å². The molecule has 0 aromatic carbocycles. The molecule has 5 atom stereocenters. The van der Waals surface area contributed by atoms with Gasteiger partial charge in [0.05, 0.1) is 12.6 Å². The Labute approximate surface area is 114 Å². The quantitative estimate of drug-likeness (QED) is 0.741. The van der Waals surface area contributed by atoms with Gasteiger partial charge in [-0.3, -0.25) is 4.79 Å². The second-order valence-corrected chi connectivity index (χ2v) is 5.63. The van der Waals surface area contributed by atoms with E-state index in [1.807, 2.05) is 6.92 Å². The lowest BCUT2D eigenvalue weighted by Gasteiger charge is -2.30. The first-order valence-electron chi connectivity index (χ1n) is 7.31. The van der Waals surface area contributed by atoms with Crippen molar-refractivity contribution in [3.63, 3.8) is 0 Å². The molecule has 0 radical (unpaired) electrons. The maximum absolute atomic E-state index is 12.1. The summed E-state index contributed by atoms with van der Waals surface area (Å²) in [7, 11) is 0. The van der Waals surface area contributed by atoms with Gasteiger partial charge in [-0.2, -0.15) is 0 Å². The van der Waals surface area contributed by atoms with Crippen LogP contribution in [0.15, 0.2) is 0 Å². The maximum Gasteiger partial charge on any atom is 0.328 e. The summed E-state index contributed by atoms with van der Waals surface area (Å²) >= 11 is 0. The van der Waals surface area contributed by atoms with Crippen molar-refractivity contribution < 1.29 is 14.3 Å². The lowest BCUT2D eigenvalue weighted by Crippen LogP contribution is -2.50. The molecule has 2 aliphatic heterocycles. The third kappa shape index (κ3) is 2.76. The zero-order valence-corrected chi connectivity index (χ0v) is 11.9. The number of esters is 1. The van der Waals surface area contributed by atoms with Crippen molar-refractivity contribution in [3.8, 4) is 0 Å². The number of carbonyl (C=O) groups is 2. The second-order valence-electron chi connectivity index (χ2n) is 5.63. The van der Waals surface area contributed by atoms with E-state index < -0.39 is 6.04 Å². The lowest BCUT2D eigenvalue weighted by atomic mass is 9.82. The van der Waals surface area contributed by atoms with Gasteiger partial charge < -0.3 is 15.4 Å². The molecule has 5 nitrogen and oxygen atoms in total. The fourth-order valence-corrected chi connectivity index (χ4v) is 3.42. The van der Waals surface area contributed by atoms with Crippen LogP contribution < -0.4 is 10.6 Å². The lowest BCUT2D eigenvalue weighted by molar-refractivity contribution is -0.149. The molecule has 1 amide bonds. The van der Waals surface area contributed by atoms with Gasteiger partial charge in [-0.25, -0.2) is 4.79 Å². The number of ether oxygens (including phenoxy) is 1. The van der Waals surface area contributed by atoms with E-state index in [1.165, 1.54) is 0 Å². The second kappa shape index (κ2) is 5.90. The van der Waals surface area contributed by atoms with E-state index in [0.717, 1.165) is 19.3 Å². The number of fused-ring (bicyclic) bond motifs is 2. The molecule has 0 aliphatic carbocycles. The van der Waals surface area contributed by atoms with Crippen molar-refractivity contribution >= 4 is 11.9 Å². The number of amides is 1. The molecular formula is C14H24N2O3. The van der Waals surface area contributed by atoms with Gasteiger partial charge in [0.25, 0.3) is 0 Å². The van der Waals surface area contributed by atoms with E-state index in [-0.39, 0.29) is 29.9 Å². The first-order valence-corrected chi connectivity index (χ1v) is 7.31. The summed E-state index contributed by atoms with van der Waals surface area (Å²) in [4.78, 5) is 24.1. The SMILES string of the molecule is CCCC1C[C@@H]2N[C@H]1C(C)[C@H](C(=O)OCC)NC2=O. The molecule has 5 heteroatoms. The zero-order chi connectivity index (χ0) is 14.0. The summed E-state index contributed by atoms with van der Waals surface area (Å²) in [6, 6.07) is -0.448. The first-order chi connectivity index (χ1) is 9.08. The zero-order valence-electron chi connectivity index (χ0n) is 11.9. The Bertz CT molecular complexity index is 359. The van der Waals surface area contributed by atoms with Crippen LogP contribution in [0.25, 0.3) is 0 Å². The summed E-state index contributed by atoms with van der Waals surface area (Å²) in [6.45, 7) is 6.31. The number of rotatable bonds is 4. The van der Waals surface area contributed by atoms with Crippen LogP contribution >= 0.6 is 0 Å². The molecule has 2 bridgehead atoms. The smallest absolute Gasteiger partial charge is 0.328 e. The third-order valence-corrected chi connectivity index (χ3v) is 4.35. The fourth-order valence-electron chi connectivity index (χ4n) is 3.42. The van der Waals surface area contributed by atoms with Gasteiger partial charge in [0, 0.05) is 12.0 Å². The van der Waals surface area contributed by atoms with Gasteiger partial charge in [0.15, 0.2) is 0 Å². The fraction of sp³-hybridized carbons (Fsp3) is 0.857. The summed E-state index contributed by atoms with van der Waals surface area (Å²) in [5.41, 5.74) is 0. The Hall–Kier alpha value is -1.10. The van der Waals surface area contributed by atoms with E-state index in [9.17, 15) is 9.59 Å². The normalized spacial score (nSPS) is 37.6. The van der Waals surface area contributed by atoms with Gasteiger partial charge in [-0.1, -0.05) is 20.3 Å². The predicted molar refractivity (Wildman–Crippen MR) is 71.5 cm³/mol. The first kappa shape index (κ1) is 14.3. The van der Waals surface area contributed by atoms with Crippen LogP contribution in [0.2, 0.25) is 0 Å². The Kier molecular flexibility index (Phi) is 4.45. The number of carbonyl (C=O) groups excluding carboxylic acids is 2. The Morgan fingerprint density at radius 1 is 1.42 bits per heavy atom. The van der Waals surface area contributed by atoms with Gasteiger partial charge in [0.1, 0.15) is 6.04 Å². The summed E-state index contributed by atoms with van der Waals surface area (Å²) in [5.74, 6) is 0.166. The number of hydrogen-bond acceptors (Lipinski definition) is 4. The highest BCUT2D eigenvalue weighted by atomic mass is 16.5. The highest BCUT2D eigenvalue weighted by molar-refractivity contribution is 5.88. The summed E-state index contributed by atoms with van der Waals surface area (Å²) < 4.78 is 5.08. The molecule has 2 fully saturated rings. The molecule has 2 saturated heterocycles. The summed E-state index contributed by atoms with van der Waals surface area (Å²) in [5, 5.41) is 6.23. The van der Waals surface area contributed by atoms with E-state index in [2.05, 4.69) is 17.6 Å². The molecule has 2 N–H and O–H groups in total. The van der Waals surface area contributed by atoms with Crippen LogP contribution in [0.3, 0.4) is 0 Å². The predicted octanol–water partition coefficient (Wildman–Crippen LogP) is 0.831. The van der Waals surface area contributed by atoms with Crippen LogP contribution in [-0.4, -0.2) is 36.6 Å². The molecular weight excluding hydrogens is 244 g/mol. The third-order valence-electron chi connectivity index (χ3n) is 4.35. The molecule has 0 aromatic rings. The molecule has 2 heterocycles. The Balaban J connectivity index is 2.16. The van der Waals surface area contributed by atoms with Crippen molar-refractivity contribution in [1.29, 1.82) is 0 Å². The van der Waals surface area contributed by atoms with Crippen molar-refractivity contribution in [2.75, 3.05) is 6.61 Å². The maximum atomic E-state index is 12.1. The molecule has 0 spiro atoms. The molecule has 19 heavy (non-hydrogen) atoms. The molecule has 2 unspecified atom stereocenters. The Morgan fingerprint density at radius 3 is 2.79 bits per heavy atom. The highest BCUT2D eigenvalue weighted by Crippen LogP contribution is 2.33. The monoisotopic (exact) mass is 268 g/mol. The number of hydrogen-bond donors (Lipinski definition) is 2. The standard InChI is InChI=1S/C14H24N2O3/c1-4-6-9-7-10-13(17)16-12(14(18)19-5-2)8(3)11(9)15-10/h8-12,15H,4-7H2,1-3H3,(H,16,17)/t8?,9?,10-,11-,12+/m0/s1. The molecule has 0 aromatic heterocycles. The van der Waals surface area contributed by atoms with Crippen LogP contribution in [0, 0.1) is 11.8 Å². The van der Waals surface area contributed by atoms with Gasteiger partial charge in [0.2, 0.25) is 5.91 Å². The average Bonchev–Trinajstić information content (AvgIpc) is 2.74. The van der Waals surface area contributed by atoms with E-state index in [0.29, 0.717) is 12.5 Å². The minimum absolute atomic E-state index is 0.0621. The van der Waals surface area contributed by atoms with Crippen molar-refractivity contribution in [2.45, 2.75) is 58.2 Å². The minimum Gasteiger partial charge on any atom is -0.464 e. The van der Waals surface area contributed by atoms with Gasteiger partial charge >= 0.3 is 5.97 Å². The molecule has 2 rings (SSSR count). The highest BCUT2D eigenvalue weighted by Gasteiger charge is 2.47. The van der Waals surface area contributed by atoms with Crippen LogP contribution in [0.1, 0.15) is 40.0 Å². The van der Waals surface area contributed by atoms with Gasteiger partial charge in [-0.15, -0.1) is 0 Å². The van der Waals surface area contributed by atoms with Crippen molar-refractivity contribution in [1.82, 2.24) is 10.6 Å².